The molecule has 4 aromatic rings. The largest absolute Gasteiger partial charge is 0.468 e. The molecule has 1 fully saturated rings. The smallest absolute Gasteiger partial charge is 0.253 e. The fraction of sp³-hybridized carbons (Fsp3) is 0.481. The first-order valence-electron chi connectivity index (χ1n) is 12.7. The van der Waals surface area contributed by atoms with Gasteiger partial charge in [0.25, 0.3) is 5.56 Å². The topological polar surface area (TPSA) is 102 Å². The zero-order valence-electron chi connectivity index (χ0n) is 21.4. The highest BCUT2D eigenvalue weighted by Gasteiger charge is 2.36. The van der Waals surface area contributed by atoms with Gasteiger partial charge in [-0.1, -0.05) is 25.1 Å². The maximum Gasteiger partial charge on any atom is 0.253 e. The molecule has 0 aliphatic carbocycles. The lowest BCUT2D eigenvalue weighted by molar-refractivity contribution is 0.0534. The van der Waals surface area contributed by atoms with Crippen LogP contribution >= 0.6 is 0 Å². The van der Waals surface area contributed by atoms with Gasteiger partial charge in [0, 0.05) is 18.7 Å². The molecule has 1 N–H and O–H groups in total. The number of furan rings is 1. The Labute approximate surface area is 210 Å². The van der Waals surface area contributed by atoms with Crippen molar-refractivity contribution in [3.63, 3.8) is 0 Å². The molecule has 0 radical (unpaired) electrons. The molecule has 0 saturated carbocycles. The van der Waals surface area contributed by atoms with Crippen LogP contribution in [0, 0.1) is 6.92 Å². The number of ether oxygens (including phenoxy) is 1. The Balaban J connectivity index is 1.70. The summed E-state index contributed by atoms with van der Waals surface area (Å²) in [6.07, 6.45) is 4.56. The van der Waals surface area contributed by atoms with Crippen LogP contribution < -0.4 is 5.56 Å². The van der Waals surface area contributed by atoms with Crippen LogP contribution in [0.4, 0.5) is 0 Å². The molecule has 190 valence electrons. The minimum atomic E-state index is -0.506. The quantitative estimate of drug-likeness (QED) is 0.372. The Bertz CT molecular complexity index is 1370. The number of rotatable bonds is 9. The summed E-state index contributed by atoms with van der Waals surface area (Å²) in [6, 6.07) is 11.3. The van der Waals surface area contributed by atoms with Gasteiger partial charge in [-0.15, -0.1) is 5.10 Å². The van der Waals surface area contributed by atoms with Gasteiger partial charge in [-0.2, -0.15) is 0 Å². The average Bonchev–Trinajstić information content (AvgIpc) is 3.64. The summed E-state index contributed by atoms with van der Waals surface area (Å²) >= 11 is 0. The van der Waals surface area contributed by atoms with E-state index in [1.807, 2.05) is 48.0 Å². The molecule has 5 rings (SSSR count). The Morgan fingerprint density at radius 2 is 2.14 bits per heavy atom. The van der Waals surface area contributed by atoms with E-state index in [-0.39, 0.29) is 17.2 Å². The molecule has 4 heterocycles. The van der Waals surface area contributed by atoms with Gasteiger partial charge in [0.1, 0.15) is 11.8 Å². The van der Waals surface area contributed by atoms with E-state index in [2.05, 4.69) is 46.2 Å². The Morgan fingerprint density at radius 3 is 2.86 bits per heavy atom. The molecule has 1 saturated heterocycles. The van der Waals surface area contributed by atoms with Gasteiger partial charge in [-0.25, -0.2) is 4.68 Å². The first-order valence-corrected chi connectivity index (χ1v) is 12.7. The third-order valence-corrected chi connectivity index (χ3v) is 7.35. The van der Waals surface area contributed by atoms with Crippen LogP contribution in [0.25, 0.3) is 10.9 Å². The number of nitrogens with zero attached hydrogens (tertiary/aromatic N) is 5. The Kier molecular flexibility index (Phi) is 6.77. The number of nitrogens with one attached hydrogen (secondary N) is 1. The van der Waals surface area contributed by atoms with Gasteiger partial charge < -0.3 is 14.1 Å². The molecule has 36 heavy (non-hydrogen) atoms. The van der Waals surface area contributed by atoms with Crippen molar-refractivity contribution in [3.8, 4) is 0 Å². The molecule has 9 heteroatoms. The number of aromatic amines is 1. The summed E-state index contributed by atoms with van der Waals surface area (Å²) in [4.78, 5) is 19.0. The number of tetrazole rings is 1. The second-order valence-corrected chi connectivity index (χ2v) is 10.3. The number of hydrogen-bond acceptors (Lipinski definition) is 7. The van der Waals surface area contributed by atoms with E-state index in [4.69, 9.17) is 9.15 Å². The maximum absolute atomic E-state index is 13.7. The predicted molar refractivity (Wildman–Crippen MR) is 137 cm³/mol. The first-order chi connectivity index (χ1) is 17.4. The van der Waals surface area contributed by atoms with Crippen molar-refractivity contribution in [2.45, 2.75) is 71.2 Å². The summed E-state index contributed by atoms with van der Waals surface area (Å²) in [5.74, 6) is 1.43. The highest BCUT2D eigenvalue weighted by Crippen LogP contribution is 2.33. The van der Waals surface area contributed by atoms with Gasteiger partial charge in [0.15, 0.2) is 5.82 Å². The van der Waals surface area contributed by atoms with E-state index in [0.29, 0.717) is 24.5 Å². The number of pyridine rings is 1. The Hall–Kier alpha value is -3.30. The third-order valence-electron chi connectivity index (χ3n) is 7.35. The van der Waals surface area contributed by atoms with E-state index in [9.17, 15) is 4.79 Å². The molecular weight excluding hydrogens is 456 g/mol. The van der Waals surface area contributed by atoms with Gasteiger partial charge in [0.05, 0.1) is 30.0 Å². The third kappa shape index (κ3) is 4.73. The van der Waals surface area contributed by atoms with Crippen LogP contribution in [-0.4, -0.2) is 49.3 Å². The van der Waals surface area contributed by atoms with Crippen LogP contribution in [0.1, 0.15) is 68.8 Å². The van der Waals surface area contributed by atoms with Crippen molar-refractivity contribution in [1.29, 1.82) is 0 Å². The zero-order chi connectivity index (χ0) is 25.3. The van der Waals surface area contributed by atoms with E-state index in [1.165, 1.54) is 0 Å². The number of fused-ring (bicyclic) bond motifs is 1. The summed E-state index contributed by atoms with van der Waals surface area (Å²) in [5, 5.41) is 13.9. The number of benzene rings is 1. The van der Waals surface area contributed by atoms with Crippen molar-refractivity contribution < 1.29 is 9.15 Å². The fourth-order valence-corrected chi connectivity index (χ4v) is 4.96. The second-order valence-electron chi connectivity index (χ2n) is 10.3. The molecule has 0 amide bonds. The fourth-order valence-electron chi connectivity index (χ4n) is 4.96. The SMILES string of the molecule is CCC(C)(C)n1nnnc1[C@@H](c1cc2cccc(C)c2[nH]c1=O)N(Cc1ccco1)C[C@@H]1CCCO1. The lowest BCUT2D eigenvalue weighted by Gasteiger charge is -2.34. The molecule has 3 aromatic heterocycles. The number of aryl methyl sites for hydroxylation is 1. The average molecular weight is 491 g/mol. The Morgan fingerprint density at radius 1 is 1.28 bits per heavy atom. The van der Waals surface area contributed by atoms with E-state index in [1.54, 1.807) is 6.26 Å². The molecule has 0 unspecified atom stereocenters. The number of aromatic nitrogens is 5. The highest BCUT2D eigenvalue weighted by atomic mass is 16.5. The number of H-pyrrole nitrogens is 1. The van der Waals surface area contributed by atoms with Crippen LogP contribution in [0.15, 0.2) is 51.9 Å². The van der Waals surface area contributed by atoms with Crippen molar-refractivity contribution >= 4 is 10.9 Å². The summed E-state index contributed by atoms with van der Waals surface area (Å²) in [7, 11) is 0. The van der Waals surface area contributed by atoms with Gasteiger partial charge in [-0.3, -0.25) is 9.69 Å². The van der Waals surface area contributed by atoms with Crippen molar-refractivity contribution in [2.75, 3.05) is 13.2 Å². The van der Waals surface area contributed by atoms with E-state index >= 15 is 0 Å². The molecule has 1 aliphatic rings. The molecule has 1 aromatic carbocycles. The lowest BCUT2D eigenvalue weighted by Crippen LogP contribution is -2.41. The van der Waals surface area contributed by atoms with Gasteiger partial charge in [0.2, 0.25) is 0 Å². The molecule has 0 bridgehead atoms. The molecule has 0 spiro atoms. The van der Waals surface area contributed by atoms with E-state index < -0.39 is 6.04 Å². The standard InChI is InChI=1S/C27H34N6O3/c1-5-27(3,4)33-25(29-30-31-33)24(22-15-19-10-6-9-18(2)23(19)28-26(22)34)32(16-20-11-7-13-35-20)17-21-12-8-14-36-21/h6-7,9-11,13,15,21,24H,5,8,12,14,16-17H2,1-4H3,(H,28,34)/t21-,24+/m0/s1. The highest BCUT2D eigenvalue weighted by molar-refractivity contribution is 5.82. The normalized spacial score (nSPS) is 17.3. The minimum Gasteiger partial charge on any atom is -0.468 e. The number of hydrogen-bond donors (Lipinski definition) is 1. The van der Waals surface area contributed by atoms with E-state index in [0.717, 1.165) is 48.1 Å². The van der Waals surface area contributed by atoms with Crippen molar-refractivity contribution in [3.05, 3.63) is 75.7 Å². The molecule has 1 aliphatic heterocycles. The predicted octanol–water partition coefficient (Wildman–Crippen LogP) is 4.33. The first kappa shape index (κ1) is 24.4. The minimum absolute atomic E-state index is 0.0627. The molecule has 2 atom stereocenters. The van der Waals surface area contributed by atoms with Crippen LogP contribution in [0.5, 0.6) is 0 Å². The van der Waals surface area contributed by atoms with Crippen LogP contribution in [0.2, 0.25) is 0 Å². The molecule has 9 nitrogen and oxygen atoms in total. The van der Waals surface area contributed by atoms with Crippen LogP contribution in [0.3, 0.4) is 0 Å². The summed E-state index contributed by atoms with van der Waals surface area (Å²) in [6.45, 7) is 10.2. The lowest BCUT2D eigenvalue weighted by atomic mass is 9.98. The van der Waals surface area contributed by atoms with Gasteiger partial charge >= 0.3 is 0 Å². The van der Waals surface area contributed by atoms with Crippen molar-refractivity contribution in [2.24, 2.45) is 0 Å². The van der Waals surface area contributed by atoms with Crippen LogP contribution in [-0.2, 0) is 16.8 Å². The monoisotopic (exact) mass is 490 g/mol. The molecular formula is C27H34N6O3. The summed E-state index contributed by atoms with van der Waals surface area (Å²) in [5.41, 5.74) is 1.98. The number of para-hydroxylation sites is 1. The summed E-state index contributed by atoms with van der Waals surface area (Å²) < 4.78 is 13.6. The van der Waals surface area contributed by atoms with Crippen molar-refractivity contribution in [1.82, 2.24) is 30.1 Å². The zero-order valence-corrected chi connectivity index (χ0v) is 21.4. The second kappa shape index (κ2) is 9.99. The maximum atomic E-state index is 13.7. The van der Waals surface area contributed by atoms with Gasteiger partial charge in [-0.05, 0) is 79.6 Å².